The van der Waals surface area contributed by atoms with Crippen LogP contribution < -0.4 is 0 Å². The fourth-order valence-electron chi connectivity index (χ4n) is 4.42. The van der Waals surface area contributed by atoms with Crippen molar-refractivity contribution in [2.45, 2.75) is 64.1 Å². The van der Waals surface area contributed by atoms with E-state index in [2.05, 4.69) is 39.8 Å². The van der Waals surface area contributed by atoms with Crippen molar-refractivity contribution in [1.82, 2.24) is 24.3 Å². The molecule has 1 saturated heterocycles. The Morgan fingerprint density at radius 2 is 2.00 bits per heavy atom. The second-order valence-corrected chi connectivity index (χ2v) is 8.18. The molecule has 1 atom stereocenters. The number of hydrogen-bond acceptors (Lipinski definition) is 4. The first-order chi connectivity index (χ1) is 13.7. The van der Waals surface area contributed by atoms with Gasteiger partial charge in [0.05, 0.1) is 12.2 Å². The number of fused-ring (bicyclic) bond motifs is 1. The zero-order valence-electron chi connectivity index (χ0n) is 16.9. The molecular weight excluding hydrogens is 350 g/mol. The highest BCUT2D eigenvalue weighted by atomic mass is 16.2. The summed E-state index contributed by atoms with van der Waals surface area (Å²) >= 11 is 0. The topological polar surface area (TPSA) is 54.3 Å². The van der Waals surface area contributed by atoms with Gasteiger partial charge in [0, 0.05) is 44.1 Å². The average molecular weight is 382 g/mol. The van der Waals surface area contributed by atoms with Crippen LogP contribution in [0.4, 0.5) is 0 Å². The quantitative estimate of drug-likeness (QED) is 0.772. The van der Waals surface area contributed by atoms with Crippen molar-refractivity contribution in [3.05, 3.63) is 47.8 Å². The van der Waals surface area contributed by atoms with Gasteiger partial charge in [-0.15, -0.1) is 0 Å². The van der Waals surface area contributed by atoms with Gasteiger partial charge in [0.15, 0.2) is 0 Å². The van der Waals surface area contributed by atoms with E-state index in [-0.39, 0.29) is 5.91 Å². The number of hydrogen-bond donors (Lipinski definition) is 0. The van der Waals surface area contributed by atoms with Gasteiger partial charge >= 0.3 is 0 Å². The molecule has 1 fully saturated rings. The maximum Gasteiger partial charge on any atom is 0.223 e. The molecule has 0 saturated carbocycles. The zero-order valence-corrected chi connectivity index (χ0v) is 16.9. The van der Waals surface area contributed by atoms with E-state index in [4.69, 9.17) is 4.98 Å². The number of imidazole rings is 1. The molecule has 2 aromatic rings. The molecule has 1 unspecified atom stereocenters. The number of carbonyl (C=O) groups excluding carboxylic acids is 1. The summed E-state index contributed by atoms with van der Waals surface area (Å²) in [5, 5.41) is 0. The number of aromatic nitrogens is 3. The number of piperidine rings is 1. The Balaban J connectivity index is 1.29. The maximum absolute atomic E-state index is 12.7. The van der Waals surface area contributed by atoms with Crippen LogP contribution in [0.15, 0.2) is 30.7 Å². The van der Waals surface area contributed by atoms with E-state index in [9.17, 15) is 4.79 Å². The first-order valence-corrected chi connectivity index (χ1v) is 10.6. The fraction of sp³-hybridized carbons (Fsp3) is 0.591. The van der Waals surface area contributed by atoms with Crippen molar-refractivity contribution in [3.63, 3.8) is 0 Å². The van der Waals surface area contributed by atoms with Gasteiger partial charge in [-0.3, -0.25) is 9.78 Å². The Morgan fingerprint density at radius 1 is 1.14 bits per heavy atom. The number of rotatable bonds is 6. The van der Waals surface area contributed by atoms with E-state index in [1.54, 1.807) is 0 Å². The normalized spacial score (nSPS) is 20.2. The minimum atomic E-state index is 0.284. The van der Waals surface area contributed by atoms with Crippen molar-refractivity contribution in [2.24, 2.45) is 0 Å². The van der Waals surface area contributed by atoms with Crippen LogP contribution >= 0.6 is 0 Å². The van der Waals surface area contributed by atoms with Crippen molar-refractivity contribution >= 4 is 5.91 Å². The van der Waals surface area contributed by atoms with Crippen LogP contribution in [0.3, 0.4) is 0 Å². The van der Waals surface area contributed by atoms with Gasteiger partial charge in [0.25, 0.3) is 0 Å². The number of aryl methyl sites for hydroxylation is 2. The summed E-state index contributed by atoms with van der Waals surface area (Å²) in [7, 11) is 2.19. The number of nitrogens with zero attached hydrogens (tertiary/aromatic N) is 5. The van der Waals surface area contributed by atoms with Crippen LogP contribution in [-0.4, -0.2) is 56.4 Å². The molecule has 150 valence electrons. The minimum absolute atomic E-state index is 0.284. The molecule has 28 heavy (non-hydrogen) atoms. The number of pyridine rings is 1. The molecule has 0 radical (unpaired) electrons. The largest absolute Gasteiger partial charge is 0.333 e. The Hall–Kier alpha value is -2.21. The highest BCUT2D eigenvalue weighted by Gasteiger charge is 2.25. The summed E-state index contributed by atoms with van der Waals surface area (Å²) in [5.74, 6) is 1.31. The number of likely N-dealkylation sites (tertiary alicyclic amines) is 1. The summed E-state index contributed by atoms with van der Waals surface area (Å²) < 4.78 is 2.22. The van der Waals surface area contributed by atoms with Crippen LogP contribution in [-0.2, 0) is 30.7 Å². The van der Waals surface area contributed by atoms with Crippen molar-refractivity contribution in [3.8, 4) is 0 Å². The summed E-state index contributed by atoms with van der Waals surface area (Å²) in [4.78, 5) is 26.0. The number of amides is 1. The molecule has 0 N–H and O–H groups in total. The summed E-state index contributed by atoms with van der Waals surface area (Å²) in [6, 6.07) is 4.68. The first-order valence-electron chi connectivity index (χ1n) is 10.6. The van der Waals surface area contributed by atoms with Gasteiger partial charge in [-0.05, 0) is 63.4 Å². The highest BCUT2D eigenvalue weighted by Crippen LogP contribution is 2.21. The molecule has 0 spiro atoms. The van der Waals surface area contributed by atoms with E-state index >= 15 is 0 Å². The second-order valence-electron chi connectivity index (χ2n) is 8.18. The van der Waals surface area contributed by atoms with E-state index in [0.717, 1.165) is 43.9 Å². The predicted octanol–water partition coefficient (Wildman–Crippen LogP) is 2.67. The molecule has 4 rings (SSSR count). The van der Waals surface area contributed by atoms with Crippen LogP contribution in [0.1, 0.15) is 49.2 Å². The lowest BCUT2D eigenvalue weighted by atomic mass is 9.98. The van der Waals surface area contributed by atoms with Gasteiger partial charge in [-0.2, -0.15) is 0 Å². The van der Waals surface area contributed by atoms with Crippen LogP contribution in [0.25, 0.3) is 0 Å². The average Bonchev–Trinajstić information content (AvgIpc) is 3.14. The van der Waals surface area contributed by atoms with Gasteiger partial charge < -0.3 is 14.4 Å². The fourth-order valence-corrected chi connectivity index (χ4v) is 4.42. The van der Waals surface area contributed by atoms with Gasteiger partial charge in [0.1, 0.15) is 5.82 Å². The third-order valence-electron chi connectivity index (χ3n) is 6.24. The molecule has 1 amide bonds. The molecule has 2 aliphatic heterocycles. The lowest BCUT2D eigenvalue weighted by Crippen LogP contribution is -2.40. The predicted molar refractivity (Wildman–Crippen MR) is 109 cm³/mol. The van der Waals surface area contributed by atoms with Gasteiger partial charge in [-0.1, -0.05) is 6.42 Å². The monoisotopic (exact) mass is 381 g/mol. The third-order valence-corrected chi connectivity index (χ3v) is 6.24. The van der Waals surface area contributed by atoms with Crippen LogP contribution in [0.2, 0.25) is 0 Å². The molecule has 0 aliphatic carbocycles. The standard InChI is InChI=1S/C22H31N5O/c1-25-13-3-2-4-20(25)7-8-22(28)27-15-14-26-16-19(24-21(26)17-27)6-5-18-9-11-23-12-10-18/h9-12,16,20H,2-8,13-15,17H2,1H3. The van der Waals surface area contributed by atoms with E-state index in [1.807, 2.05) is 17.3 Å². The van der Waals surface area contributed by atoms with E-state index in [0.29, 0.717) is 19.0 Å². The molecule has 6 heteroatoms. The summed E-state index contributed by atoms with van der Waals surface area (Å²) in [5.41, 5.74) is 2.40. The number of carbonyl (C=O) groups is 1. The van der Waals surface area contributed by atoms with Crippen LogP contribution in [0, 0.1) is 0 Å². The van der Waals surface area contributed by atoms with E-state index in [1.165, 1.54) is 31.4 Å². The molecule has 2 aliphatic rings. The van der Waals surface area contributed by atoms with Gasteiger partial charge in [0.2, 0.25) is 5.91 Å². The third kappa shape index (κ3) is 4.61. The summed E-state index contributed by atoms with van der Waals surface area (Å²) in [6.07, 6.45) is 13.2. The zero-order chi connectivity index (χ0) is 19.3. The Kier molecular flexibility index (Phi) is 6.05. The maximum atomic E-state index is 12.7. The molecule has 4 heterocycles. The van der Waals surface area contributed by atoms with Crippen molar-refractivity contribution in [2.75, 3.05) is 20.1 Å². The minimum Gasteiger partial charge on any atom is -0.333 e. The molecular formula is C22H31N5O. The Bertz CT molecular complexity index is 787. The van der Waals surface area contributed by atoms with Crippen LogP contribution in [0.5, 0.6) is 0 Å². The lowest BCUT2D eigenvalue weighted by Gasteiger charge is -2.33. The van der Waals surface area contributed by atoms with E-state index < -0.39 is 0 Å². The Morgan fingerprint density at radius 3 is 2.82 bits per heavy atom. The smallest absolute Gasteiger partial charge is 0.223 e. The highest BCUT2D eigenvalue weighted by molar-refractivity contribution is 5.76. The Labute approximate surface area is 167 Å². The second kappa shape index (κ2) is 8.86. The van der Waals surface area contributed by atoms with Gasteiger partial charge in [-0.25, -0.2) is 4.98 Å². The van der Waals surface area contributed by atoms with Crippen molar-refractivity contribution < 1.29 is 4.79 Å². The molecule has 0 bridgehead atoms. The molecule has 2 aromatic heterocycles. The first kappa shape index (κ1) is 19.1. The lowest BCUT2D eigenvalue weighted by molar-refractivity contribution is -0.133. The summed E-state index contributed by atoms with van der Waals surface area (Å²) in [6.45, 7) is 3.47. The molecule has 0 aromatic carbocycles. The molecule has 6 nitrogen and oxygen atoms in total. The van der Waals surface area contributed by atoms with Crippen molar-refractivity contribution in [1.29, 1.82) is 0 Å². The SMILES string of the molecule is CN1CCCCC1CCC(=O)N1CCn2cc(CCc3ccncc3)nc2C1.